The molecular weight excluding hydrogens is 416 g/mol. The Balaban J connectivity index is 0.000000286. The van der Waals surface area contributed by atoms with Crippen molar-refractivity contribution in [2.75, 3.05) is 10.6 Å². The van der Waals surface area contributed by atoms with Crippen molar-refractivity contribution in [1.29, 1.82) is 5.26 Å². The summed E-state index contributed by atoms with van der Waals surface area (Å²) in [6.45, 7) is 3.69. The number of nitrogens with zero attached hydrogens (tertiary/aromatic N) is 3. The number of pyridine rings is 1. The van der Waals surface area contributed by atoms with Crippen LogP contribution < -0.4 is 10.6 Å². The van der Waals surface area contributed by atoms with E-state index in [0.717, 1.165) is 35.2 Å². The largest absolute Gasteiger partial charge is 0.481 e. The number of anilines is 2. The molecule has 4 rings (SSSR count). The third kappa shape index (κ3) is 5.95. The molecule has 1 aliphatic rings. The Labute approximate surface area is 193 Å². The number of rotatable bonds is 3. The number of nitrogens with two attached hydrogens (primary N) is 1. The van der Waals surface area contributed by atoms with Crippen LogP contribution in [0, 0.1) is 11.3 Å². The van der Waals surface area contributed by atoms with Crippen molar-refractivity contribution in [2.45, 2.75) is 39.2 Å². The summed E-state index contributed by atoms with van der Waals surface area (Å²) in [4.78, 5) is 28.3. The van der Waals surface area contributed by atoms with Crippen molar-refractivity contribution in [3.63, 3.8) is 0 Å². The highest BCUT2D eigenvalue weighted by Crippen LogP contribution is 2.34. The average molecular weight is 443 g/mol. The SMILES string of the molecule is CC(=O)N1c2ccc(-c3ccc(CC(=O)O)cc3)cc2CC[C@@H]1C.N#Cc1ccc(N)nc1. The molecule has 33 heavy (non-hydrogen) atoms. The second-order valence-electron chi connectivity index (χ2n) is 7.97. The lowest BCUT2D eigenvalue weighted by Gasteiger charge is -2.34. The molecule has 0 radical (unpaired) electrons. The van der Waals surface area contributed by atoms with Gasteiger partial charge in [-0.05, 0) is 66.3 Å². The molecule has 3 N–H and O–H groups in total. The van der Waals surface area contributed by atoms with E-state index in [-0.39, 0.29) is 18.4 Å². The lowest BCUT2D eigenvalue weighted by Crippen LogP contribution is -2.40. The maximum Gasteiger partial charge on any atom is 0.307 e. The highest BCUT2D eigenvalue weighted by Gasteiger charge is 2.26. The molecule has 2 aromatic carbocycles. The Bertz CT molecular complexity index is 1180. The van der Waals surface area contributed by atoms with Gasteiger partial charge >= 0.3 is 5.97 Å². The first-order valence-corrected chi connectivity index (χ1v) is 10.6. The zero-order chi connectivity index (χ0) is 24.0. The van der Waals surface area contributed by atoms with Crippen LogP contribution in [0.4, 0.5) is 11.5 Å². The lowest BCUT2D eigenvalue weighted by atomic mass is 9.93. The summed E-state index contributed by atoms with van der Waals surface area (Å²) in [5, 5.41) is 17.1. The fraction of sp³-hybridized carbons (Fsp3) is 0.231. The number of nitrogen functional groups attached to an aromatic ring is 1. The Kier molecular flexibility index (Phi) is 7.42. The predicted octanol–water partition coefficient (Wildman–Crippen LogP) is 4.20. The number of benzene rings is 2. The van der Waals surface area contributed by atoms with Gasteiger partial charge in [-0.3, -0.25) is 9.59 Å². The number of carboxylic acids is 1. The topological polar surface area (TPSA) is 120 Å². The van der Waals surface area contributed by atoms with E-state index in [2.05, 4.69) is 18.0 Å². The maximum atomic E-state index is 11.9. The van der Waals surface area contributed by atoms with Gasteiger partial charge in [-0.15, -0.1) is 0 Å². The third-order valence-corrected chi connectivity index (χ3v) is 5.51. The van der Waals surface area contributed by atoms with Gasteiger partial charge in [0.05, 0.1) is 12.0 Å². The number of nitriles is 1. The molecule has 0 aliphatic carbocycles. The highest BCUT2D eigenvalue weighted by molar-refractivity contribution is 5.94. The number of carbonyl (C=O) groups excluding carboxylic acids is 1. The molecule has 3 aromatic rings. The Morgan fingerprint density at radius 2 is 1.85 bits per heavy atom. The number of carboxylic acid groups (broad SMARTS) is 1. The Morgan fingerprint density at radius 3 is 2.42 bits per heavy atom. The van der Waals surface area contributed by atoms with Crippen LogP contribution >= 0.6 is 0 Å². The Morgan fingerprint density at radius 1 is 1.15 bits per heavy atom. The number of aromatic nitrogens is 1. The van der Waals surface area contributed by atoms with E-state index in [1.165, 1.54) is 11.8 Å². The number of hydrogen-bond donors (Lipinski definition) is 2. The fourth-order valence-electron chi connectivity index (χ4n) is 3.87. The van der Waals surface area contributed by atoms with Crippen LogP contribution in [0.25, 0.3) is 11.1 Å². The van der Waals surface area contributed by atoms with Gasteiger partial charge in [0.1, 0.15) is 11.9 Å². The van der Waals surface area contributed by atoms with E-state index in [9.17, 15) is 9.59 Å². The number of carbonyl (C=O) groups is 2. The molecule has 7 nitrogen and oxygen atoms in total. The second kappa shape index (κ2) is 10.4. The molecule has 0 spiro atoms. The van der Waals surface area contributed by atoms with Gasteiger partial charge in [0.15, 0.2) is 0 Å². The third-order valence-electron chi connectivity index (χ3n) is 5.51. The smallest absolute Gasteiger partial charge is 0.307 e. The normalized spacial score (nSPS) is 14.3. The van der Waals surface area contributed by atoms with Gasteiger partial charge in [0.2, 0.25) is 5.91 Å². The van der Waals surface area contributed by atoms with Crippen LogP contribution in [0.2, 0.25) is 0 Å². The summed E-state index contributed by atoms with van der Waals surface area (Å²) < 4.78 is 0. The van der Waals surface area contributed by atoms with Crippen molar-refractivity contribution in [2.24, 2.45) is 0 Å². The van der Waals surface area contributed by atoms with Crippen LogP contribution in [0.3, 0.4) is 0 Å². The van der Waals surface area contributed by atoms with Crippen LogP contribution in [-0.4, -0.2) is 28.0 Å². The molecule has 2 heterocycles. The van der Waals surface area contributed by atoms with Gasteiger partial charge in [0.25, 0.3) is 0 Å². The first-order chi connectivity index (χ1) is 15.8. The van der Waals surface area contributed by atoms with Crippen LogP contribution in [0.5, 0.6) is 0 Å². The van der Waals surface area contributed by atoms with E-state index in [1.807, 2.05) is 47.4 Å². The molecule has 1 amide bonds. The van der Waals surface area contributed by atoms with Crippen molar-refractivity contribution in [3.05, 3.63) is 77.5 Å². The van der Waals surface area contributed by atoms with Crippen LogP contribution in [-0.2, 0) is 22.4 Å². The number of aliphatic carboxylic acids is 1. The molecule has 0 saturated heterocycles. The number of hydrogen-bond acceptors (Lipinski definition) is 5. The molecule has 0 fully saturated rings. The Hall–Kier alpha value is -4.18. The molecular formula is C26H26N4O3. The van der Waals surface area contributed by atoms with Gasteiger partial charge in [-0.1, -0.05) is 30.3 Å². The predicted molar refractivity (Wildman–Crippen MR) is 128 cm³/mol. The van der Waals surface area contributed by atoms with E-state index in [4.69, 9.17) is 16.1 Å². The minimum absolute atomic E-state index is 0.0376. The van der Waals surface area contributed by atoms with E-state index >= 15 is 0 Å². The summed E-state index contributed by atoms with van der Waals surface area (Å²) >= 11 is 0. The van der Waals surface area contributed by atoms with Gasteiger partial charge in [0, 0.05) is 24.8 Å². The fourth-order valence-corrected chi connectivity index (χ4v) is 3.87. The molecule has 0 bridgehead atoms. The van der Waals surface area contributed by atoms with Crippen LogP contribution in [0.15, 0.2) is 60.8 Å². The van der Waals surface area contributed by atoms with Crippen molar-refractivity contribution >= 4 is 23.4 Å². The minimum atomic E-state index is -0.824. The van der Waals surface area contributed by atoms with E-state index in [1.54, 1.807) is 19.1 Å². The first kappa shape index (κ1) is 23.5. The molecule has 1 aromatic heterocycles. The summed E-state index contributed by atoms with van der Waals surface area (Å²) in [6.07, 6.45) is 3.41. The van der Waals surface area contributed by atoms with Gasteiger partial charge < -0.3 is 15.7 Å². The lowest BCUT2D eigenvalue weighted by molar-refractivity contribution is -0.136. The molecule has 0 unspecified atom stereocenters. The summed E-state index contributed by atoms with van der Waals surface area (Å²) in [7, 11) is 0. The van der Waals surface area contributed by atoms with Crippen LogP contribution in [0.1, 0.15) is 37.0 Å². The van der Waals surface area contributed by atoms with E-state index in [0.29, 0.717) is 11.4 Å². The summed E-state index contributed by atoms with van der Waals surface area (Å²) in [5.41, 5.74) is 10.9. The first-order valence-electron chi connectivity index (χ1n) is 10.6. The van der Waals surface area contributed by atoms with Crippen molar-refractivity contribution in [1.82, 2.24) is 4.98 Å². The molecule has 7 heteroatoms. The van der Waals surface area contributed by atoms with Gasteiger partial charge in [-0.2, -0.15) is 5.26 Å². The number of aryl methyl sites for hydroxylation is 1. The summed E-state index contributed by atoms with van der Waals surface area (Å²) in [5.74, 6) is -0.307. The second-order valence-corrected chi connectivity index (χ2v) is 7.97. The minimum Gasteiger partial charge on any atom is -0.481 e. The van der Waals surface area contributed by atoms with Crippen molar-refractivity contribution in [3.8, 4) is 17.2 Å². The standard InChI is InChI=1S/C20H21NO3.C6H5N3/c1-13-3-6-18-12-17(9-10-19(18)21(13)14(2)22)16-7-4-15(5-8-16)11-20(23)24;7-3-5-1-2-6(8)9-4-5/h4-5,7-10,12-13H,3,6,11H2,1-2H3,(H,23,24);1-2,4H,(H2,8,9)/t13-;/m0./s1. The number of amides is 1. The average Bonchev–Trinajstić information content (AvgIpc) is 2.79. The molecule has 168 valence electrons. The monoisotopic (exact) mass is 442 g/mol. The molecule has 1 aliphatic heterocycles. The molecule has 0 saturated carbocycles. The van der Waals surface area contributed by atoms with Crippen molar-refractivity contribution < 1.29 is 14.7 Å². The quantitative estimate of drug-likeness (QED) is 0.627. The highest BCUT2D eigenvalue weighted by atomic mass is 16.4. The summed E-state index contributed by atoms with van der Waals surface area (Å²) in [6, 6.07) is 19.2. The molecule has 1 atom stereocenters. The van der Waals surface area contributed by atoms with Gasteiger partial charge in [-0.25, -0.2) is 4.98 Å². The maximum absolute atomic E-state index is 11.9. The zero-order valence-corrected chi connectivity index (χ0v) is 18.7. The zero-order valence-electron chi connectivity index (χ0n) is 18.7. The number of fused-ring (bicyclic) bond motifs is 1. The van der Waals surface area contributed by atoms with E-state index < -0.39 is 5.97 Å².